The average Bonchev–Trinajstić information content (AvgIpc) is 2.85. The topological polar surface area (TPSA) is 59.8 Å². The Kier molecular flexibility index (Phi) is 2.77. The van der Waals surface area contributed by atoms with E-state index in [1.54, 1.807) is 17.0 Å². The maximum Gasteiger partial charge on any atom is 0.261 e. The molecule has 2 aromatic heterocycles. The lowest BCUT2D eigenvalue weighted by atomic mass is 10.4. The van der Waals surface area contributed by atoms with Crippen molar-refractivity contribution in [1.29, 1.82) is 0 Å². The summed E-state index contributed by atoms with van der Waals surface area (Å²) in [6.45, 7) is 0.396. The monoisotopic (exact) mass is 222 g/mol. The van der Waals surface area contributed by atoms with E-state index in [-0.39, 0.29) is 5.91 Å². The third kappa shape index (κ3) is 2.21. The van der Waals surface area contributed by atoms with Crippen LogP contribution in [0.1, 0.15) is 15.5 Å². The Balaban J connectivity index is 1.95. The van der Waals surface area contributed by atoms with E-state index in [9.17, 15) is 4.79 Å². The molecule has 0 atom stereocenters. The largest absolute Gasteiger partial charge is 0.344 e. The zero-order valence-electron chi connectivity index (χ0n) is 8.17. The molecule has 0 bridgehead atoms. The highest BCUT2D eigenvalue weighted by Gasteiger charge is 2.07. The third-order valence-corrected chi connectivity index (χ3v) is 2.83. The van der Waals surface area contributed by atoms with Gasteiger partial charge < -0.3 is 9.88 Å². The molecule has 0 radical (unpaired) electrons. The zero-order valence-corrected chi connectivity index (χ0v) is 8.99. The molecule has 2 rings (SSSR count). The zero-order chi connectivity index (χ0) is 10.7. The Morgan fingerprint density at radius 3 is 3.13 bits per heavy atom. The molecule has 5 nitrogen and oxygen atoms in total. The van der Waals surface area contributed by atoms with Gasteiger partial charge in [0.2, 0.25) is 0 Å². The molecule has 15 heavy (non-hydrogen) atoms. The number of aryl methyl sites for hydroxylation is 1. The van der Waals surface area contributed by atoms with Crippen molar-refractivity contribution in [3.63, 3.8) is 0 Å². The molecule has 0 unspecified atom stereocenters. The molecule has 2 heterocycles. The van der Waals surface area contributed by atoms with E-state index in [4.69, 9.17) is 0 Å². The Morgan fingerprint density at radius 1 is 1.67 bits per heavy atom. The molecule has 1 N–H and O–H groups in total. The van der Waals surface area contributed by atoms with Crippen molar-refractivity contribution in [3.05, 3.63) is 34.5 Å². The third-order valence-electron chi connectivity index (χ3n) is 1.96. The van der Waals surface area contributed by atoms with Crippen LogP contribution in [0.15, 0.2) is 23.8 Å². The summed E-state index contributed by atoms with van der Waals surface area (Å²) in [6, 6.07) is 3.64. The van der Waals surface area contributed by atoms with Crippen LogP contribution in [0.3, 0.4) is 0 Å². The Labute approximate surface area is 90.8 Å². The van der Waals surface area contributed by atoms with Crippen molar-refractivity contribution in [1.82, 2.24) is 20.1 Å². The fourth-order valence-corrected chi connectivity index (χ4v) is 1.76. The second kappa shape index (κ2) is 4.22. The predicted octanol–water partition coefficient (Wildman–Crippen LogP) is 0.807. The fraction of sp³-hybridized carbons (Fsp3) is 0.222. The highest BCUT2D eigenvalue weighted by Crippen LogP contribution is 2.07. The van der Waals surface area contributed by atoms with Crippen LogP contribution < -0.4 is 5.32 Å². The number of hydrogen-bond donors (Lipinski definition) is 1. The van der Waals surface area contributed by atoms with Gasteiger partial charge in [-0.1, -0.05) is 6.07 Å². The van der Waals surface area contributed by atoms with Gasteiger partial charge in [0.15, 0.2) is 5.82 Å². The second-order valence-electron chi connectivity index (χ2n) is 3.02. The number of nitrogens with zero attached hydrogens (tertiary/aromatic N) is 3. The Morgan fingerprint density at radius 2 is 2.53 bits per heavy atom. The quantitative estimate of drug-likeness (QED) is 0.836. The number of carbonyl (C=O) groups is 1. The van der Waals surface area contributed by atoms with E-state index in [0.29, 0.717) is 11.4 Å². The first-order valence-electron chi connectivity index (χ1n) is 4.42. The van der Waals surface area contributed by atoms with Gasteiger partial charge in [0.1, 0.15) is 6.33 Å². The number of carbonyl (C=O) groups excluding carboxylic acids is 1. The molecule has 1 amide bonds. The molecule has 0 aliphatic carbocycles. The first-order valence-corrected chi connectivity index (χ1v) is 5.30. The maximum absolute atomic E-state index is 11.6. The van der Waals surface area contributed by atoms with Crippen LogP contribution in [0.2, 0.25) is 0 Å². The number of rotatable bonds is 3. The molecular weight excluding hydrogens is 212 g/mol. The average molecular weight is 222 g/mol. The minimum absolute atomic E-state index is 0.0759. The van der Waals surface area contributed by atoms with Gasteiger partial charge in [0.25, 0.3) is 5.91 Å². The van der Waals surface area contributed by atoms with Crippen LogP contribution in [-0.2, 0) is 13.6 Å². The van der Waals surface area contributed by atoms with Gasteiger partial charge in [-0.15, -0.1) is 21.5 Å². The van der Waals surface area contributed by atoms with Crippen LogP contribution in [0.4, 0.5) is 0 Å². The van der Waals surface area contributed by atoms with Crippen LogP contribution in [-0.4, -0.2) is 20.7 Å². The molecular formula is C9H10N4OS. The molecule has 78 valence electrons. The molecule has 6 heteroatoms. The van der Waals surface area contributed by atoms with E-state index >= 15 is 0 Å². The van der Waals surface area contributed by atoms with Crippen LogP contribution in [0, 0.1) is 0 Å². The minimum atomic E-state index is -0.0759. The Hall–Kier alpha value is -1.69. The predicted molar refractivity (Wildman–Crippen MR) is 56.5 cm³/mol. The lowest BCUT2D eigenvalue weighted by molar-refractivity contribution is 0.0953. The van der Waals surface area contributed by atoms with E-state index in [1.807, 2.05) is 18.5 Å². The van der Waals surface area contributed by atoms with Crippen molar-refractivity contribution in [2.75, 3.05) is 0 Å². The normalized spacial score (nSPS) is 10.2. The lowest BCUT2D eigenvalue weighted by Gasteiger charge is -2.02. The molecule has 0 aliphatic heterocycles. The molecule has 0 saturated heterocycles. The summed E-state index contributed by atoms with van der Waals surface area (Å²) in [5.41, 5.74) is 0. The summed E-state index contributed by atoms with van der Waals surface area (Å²) in [7, 11) is 1.84. The van der Waals surface area contributed by atoms with Crippen LogP contribution in [0.25, 0.3) is 0 Å². The van der Waals surface area contributed by atoms with E-state index in [2.05, 4.69) is 15.5 Å². The highest BCUT2D eigenvalue weighted by molar-refractivity contribution is 7.12. The second-order valence-corrected chi connectivity index (χ2v) is 3.97. The van der Waals surface area contributed by atoms with E-state index in [1.165, 1.54) is 11.3 Å². The number of thiophene rings is 1. The van der Waals surface area contributed by atoms with Crippen molar-refractivity contribution < 1.29 is 4.79 Å². The first-order chi connectivity index (χ1) is 7.27. The van der Waals surface area contributed by atoms with Gasteiger partial charge >= 0.3 is 0 Å². The van der Waals surface area contributed by atoms with Gasteiger partial charge in [-0.05, 0) is 11.4 Å². The van der Waals surface area contributed by atoms with Crippen molar-refractivity contribution >= 4 is 17.2 Å². The molecule has 0 fully saturated rings. The number of aromatic nitrogens is 3. The highest BCUT2D eigenvalue weighted by atomic mass is 32.1. The molecule has 0 spiro atoms. The van der Waals surface area contributed by atoms with Crippen molar-refractivity contribution in [2.24, 2.45) is 7.05 Å². The number of nitrogens with one attached hydrogen (secondary N) is 1. The van der Waals surface area contributed by atoms with E-state index < -0.39 is 0 Å². The van der Waals surface area contributed by atoms with Crippen LogP contribution >= 0.6 is 11.3 Å². The summed E-state index contributed by atoms with van der Waals surface area (Å²) in [5.74, 6) is 0.660. The van der Waals surface area contributed by atoms with Gasteiger partial charge in [-0.25, -0.2) is 0 Å². The number of amides is 1. The van der Waals surface area contributed by atoms with E-state index in [0.717, 1.165) is 5.82 Å². The van der Waals surface area contributed by atoms with Gasteiger partial charge in [-0.2, -0.15) is 0 Å². The lowest BCUT2D eigenvalue weighted by Crippen LogP contribution is -2.23. The van der Waals surface area contributed by atoms with Crippen molar-refractivity contribution in [2.45, 2.75) is 6.54 Å². The summed E-state index contributed by atoms with van der Waals surface area (Å²) < 4.78 is 1.77. The molecule has 0 aliphatic rings. The molecule has 0 aromatic carbocycles. The summed E-state index contributed by atoms with van der Waals surface area (Å²) in [4.78, 5) is 12.3. The smallest absolute Gasteiger partial charge is 0.261 e. The maximum atomic E-state index is 11.6. The SMILES string of the molecule is Cn1cnnc1CNC(=O)c1cccs1. The van der Waals surface area contributed by atoms with Gasteiger partial charge in [0, 0.05) is 7.05 Å². The molecule has 0 saturated carbocycles. The summed E-state index contributed by atoms with van der Waals surface area (Å²) >= 11 is 1.42. The molecule has 2 aromatic rings. The fourth-order valence-electron chi connectivity index (χ4n) is 1.12. The summed E-state index contributed by atoms with van der Waals surface area (Å²) in [6.07, 6.45) is 1.60. The number of hydrogen-bond acceptors (Lipinski definition) is 4. The minimum Gasteiger partial charge on any atom is -0.344 e. The summed E-state index contributed by atoms with van der Waals surface area (Å²) in [5, 5.41) is 12.2. The van der Waals surface area contributed by atoms with Gasteiger partial charge in [-0.3, -0.25) is 4.79 Å². The first kappa shape index (κ1) is 9.85. The van der Waals surface area contributed by atoms with Crippen LogP contribution in [0.5, 0.6) is 0 Å². The standard InChI is InChI=1S/C9H10N4OS/c1-13-6-11-12-8(13)5-10-9(14)7-3-2-4-15-7/h2-4,6H,5H2,1H3,(H,10,14). The van der Waals surface area contributed by atoms with Crippen molar-refractivity contribution in [3.8, 4) is 0 Å². The Bertz CT molecular complexity index is 448. The van der Waals surface area contributed by atoms with Gasteiger partial charge in [0.05, 0.1) is 11.4 Å².